The van der Waals surface area contributed by atoms with Gasteiger partial charge in [-0.05, 0) is 50.4 Å². The van der Waals surface area contributed by atoms with Crippen LogP contribution < -0.4 is 10.1 Å². The van der Waals surface area contributed by atoms with Crippen LogP contribution in [0.1, 0.15) is 27.6 Å². The molecule has 2 aromatic carbocycles. The molecule has 0 aliphatic carbocycles. The van der Waals surface area contributed by atoms with E-state index in [2.05, 4.69) is 10.2 Å². The van der Waals surface area contributed by atoms with Gasteiger partial charge in [-0.1, -0.05) is 23.2 Å². The molecule has 0 unspecified atom stereocenters. The molecule has 0 spiro atoms. The molecule has 0 radical (unpaired) electrons. The van der Waals surface area contributed by atoms with Crippen molar-refractivity contribution >= 4 is 40.7 Å². The number of carbonyl (C=O) groups is 2. The molecule has 1 heterocycles. The second-order valence-electron chi connectivity index (χ2n) is 6.82. The van der Waals surface area contributed by atoms with Crippen molar-refractivity contribution in [1.82, 2.24) is 9.80 Å². The van der Waals surface area contributed by atoms with E-state index < -0.39 is 0 Å². The average molecular weight is 436 g/mol. The van der Waals surface area contributed by atoms with Gasteiger partial charge in [0.05, 0.1) is 22.3 Å². The summed E-state index contributed by atoms with van der Waals surface area (Å²) in [5.74, 6) is 0.0685. The second-order valence-corrected chi connectivity index (χ2v) is 7.64. The zero-order valence-electron chi connectivity index (χ0n) is 16.4. The zero-order chi connectivity index (χ0) is 21.0. The fourth-order valence-corrected chi connectivity index (χ4v) is 3.46. The Labute approximate surface area is 180 Å². The van der Waals surface area contributed by atoms with Gasteiger partial charge in [-0.2, -0.15) is 0 Å². The average Bonchev–Trinajstić information content (AvgIpc) is 2.71. The van der Waals surface area contributed by atoms with Gasteiger partial charge in [0, 0.05) is 37.3 Å². The summed E-state index contributed by atoms with van der Waals surface area (Å²) < 4.78 is 5.39. The summed E-state index contributed by atoms with van der Waals surface area (Å²) in [6.45, 7) is 5.35. The van der Waals surface area contributed by atoms with Crippen molar-refractivity contribution in [3.63, 3.8) is 0 Å². The minimum atomic E-state index is -0.374. The van der Waals surface area contributed by atoms with Crippen LogP contribution in [0.2, 0.25) is 10.0 Å². The number of likely N-dealkylation sites (N-methyl/N-ethyl adjacent to an activating group) is 1. The molecule has 2 aromatic rings. The van der Waals surface area contributed by atoms with Crippen LogP contribution in [0.15, 0.2) is 36.4 Å². The highest BCUT2D eigenvalue weighted by atomic mass is 35.5. The Morgan fingerprint density at radius 2 is 1.69 bits per heavy atom. The van der Waals surface area contributed by atoms with E-state index in [1.807, 2.05) is 14.0 Å². The maximum atomic E-state index is 12.8. The van der Waals surface area contributed by atoms with E-state index in [1.165, 1.54) is 6.07 Å². The molecule has 3 rings (SSSR count). The maximum Gasteiger partial charge on any atom is 0.255 e. The molecule has 0 saturated carbocycles. The van der Waals surface area contributed by atoms with Crippen molar-refractivity contribution in [3.05, 3.63) is 57.6 Å². The molecule has 1 N–H and O–H groups in total. The number of benzene rings is 2. The minimum absolute atomic E-state index is 0.0747. The molecule has 8 heteroatoms. The number of hydrogen-bond donors (Lipinski definition) is 1. The van der Waals surface area contributed by atoms with E-state index in [-0.39, 0.29) is 11.8 Å². The predicted octanol–water partition coefficient (Wildman–Crippen LogP) is 4.03. The van der Waals surface area contributed by atoms with Gasteiger partial charge in [0.2, 0.25) is 0 Å². The predicted molar refractivity (Wildman–Crippen MR) is 115 cm³/mol. The van der Waals surface area contributed by atoms with Crippen molar-refractivity contribution < 1.29 is 14.3 Å². The van der Waals surface area contributed by atoms with Crippen molar-refractivity contribution in [2.24, 2.45) is 0 Å². The lowest BCUT2D eigenvalue weighted by atomic mass is 10.1. The molecule has 0 atom stereocenters. The molecule has 154 valence electrons. The Balaban J connectivity index is 1.75. The quantitative estimate of drug-likeness (QED) is 0.769. The molecule has 1 fully saturated rings. The number of rotatable bonds is 5. The third kappa shape index (κ3) is 5.21. The van der Waals surface area contributed by atoms with E-state index in [4.69, 9.17) is 27.9 Å². The zero-order valence-corrected chi connectivity index (χ0v) is 17.9. The van der Waals surface area contributed by atoms with Crippen molar-refractivity contribution in [3.8, 4) is 5.75 Å². The molecular weight excluding hydrogens is 413 g/mol. The largest absolute Gasteiger partial charge is 0.492 e. The van der Waals surface area contributed by atoms with Gasteiger partial charge in [0.1, 0.15) is 5.75 Å². The maximum absolute atomic E-state index is 12.8. The molecule has 6 nitrogen and oxygen atoms in total. The summed E-state index contributed by atoms with van der Waals surface area (Å²) in [7, 11) is 2.03. The fraction of sp³-hybridized carbons (Fsp3) is 0.333. The number of halogens is 2. The Bertz CT molecular complexity index is 912. The first-order valence-corrected chi connectivity index (χ1v) is 10.2. The van der Waals surface area contributed by atoms with E-state index in [9.17, 15) is 9.59 Å². The monoisotopic (exact) mass is 435 g/mol. The third-order valence-corrected chi connectivity index (χ3v) is 5.37. The van der Waals surface area contributed by atoms with Gasteiger partial charge in [-0.3, -0.25) is 9.59 Å². The van der Waals surface area contributed by atoms with Crippen molar-refractivity contribution in [2.45, 2.75) is 6.92 Å². The molecule has 1 aliphatic rings. The van der Waals surface area contributed by atoms with Gasteiger partial charge in [0.25, 0.3) is 11.8 Å². The molecular formula is C21H23Cl2N3O3. The van der Waals surface area contributed by atoms with Gasteiger partial charge < -0.3 is 19.9 Å². The Kier molecular flexibility index (Phi) is 7.00. The summed E-state index contributed by atoms with van der Waals surface area (Å²) in [5, 5.41) is 3.46. The summed E-state index contributed by atoms with van der Waals surface area (Å²) in [5.41, 5.74) is 1.23. The Morgan fingerprint density at radius 1 is 1.00 bits per heavy atom. The number of amides is 2. The smallest absolute Gasteiger partial charge is 0.255 e. The molecule has 1 aliphatic heterocycles. The topological polar surface area (TPSA) is 61.9 Å². The van der Waals surface area contributed by atoms with Crippen LogP contribution in [0.5, 0.6) is 5.75 Å². The van der Waals surface area contributed by atoms with Crippen LogP contribution in [0.3, 0.4) is 0 Å². The highest BCUT2D eigenvalue weighted by Crippen LogP contribution is 2.28. The third-order valence-electron chi connectivity index (χ3n) is 4.75. The normalized spacial score (nSPS) is 14.6. The van der Waals surface area contributed by atoms with Crippen LogP contribution >= 0.6 is 23.2 Å². The number of carbonyl (C=O) groups excluding carboxylic acids is 2. The molecule has 29 heavy (non-hydrogen) atoms. The SMILES string of the molecule is CCOc1ccc(C(=O)Nc2cc(C(=O)N3CCN(C)CC3)ccc2Cl)cc1Cl. The molecule has 0 bridgehead atoms. The van der Waals surface area contributed by atoms with Gasteiger partial charge in [0.15, 0.2) is 0 Å². The van der Waals surface area contributed by atoms with Gasteiger partial charge in [-0.15, -0.1) is 0 Å². The Morgan fingerprint density at radius 3 is 2.34 bits per heavy atom. The Hall–Kier alpha value is -2.28. The van der Waals surface area contributed by atoms with E-state index >= 15 is 0 Å². The van der Waals surface area contributed by atoms with Gasteiger partial charge >= 0.3 is 0 Å². The van der Waals surface area contributed by atoms with E-state index in [0.717, 1.165) is 13.1 Å². The number of hydrogen-bond acceptors (Lipinski definition) is 4. The molecule has 2 amide bonds. The van der Waals surface area contributed by atoms with Crippen LogP contribution in [0.25, 0.3) is 0 Å². The summed E-state index contributed by atoms with van der Waals surface area (Å²) in [6.07, 6.45) is 0. The second kappa shape index (κ2) is 9.48. The summed E-state index contributed by atoms with van der Waals surface area (Å²) >= 11 is 12.4. The summed E-state index contributed by atoms with van der Waals surface area (Å²) in [4.78, 5) is 29.4. The van der Waals surface area contributed by atoms with Crippen LogP contribution in [0.4, 0.5) is 5.69 Å². The highest BCUT2D eigenvalue weighted by molar-refractivity contribution is 6.34. The fourth-order valence-electron chi connectivity index (χ4n) is 3.06. The lowest BCUT2D eigenvalue weighted by Gasteiger charge is -2.32. The van der Waals surface area contributed by atoms with Crippen molar-refractivity contribution in [1.29, 1.82) is 0 Å². The van der Waals surface area contributed by atoms with Gasteiger partial charge in [-0.25, -0.2) is 0 Å². The lowest BCUT2D eigenvalue weighted by Crippen LogP contribution is -2.47. The number of piperazine rings is 1. The van der Waals surface area contributed by atoms with Crippen molar-refractivity contribution in [2.75, 3.05) is 45.2 Å². The first kappa shape index (κ1) is 21.4. The number of nitrogens with one attached hydrogen (secondary N) is 1. The van der Waals surface area contributed by atoms with Crippen LogP contribution in [0, 0.1) is 0 Å². The standard InChI is InChI=1S/C21H23Cl2N3O3/c1-3-29-19-7-5-14(12-17(19)23)20(27)24-18-13-15(4-6-16(18)22)21(28)26-10-8-25(2)9-11-26/h4-7,12-13H,3,8-11H2,1-2H3,(H,24,27). The number of ether oxygens (including phenoxy) is 1. The first-order valence-electron chi connectivity index (χ1n) is 9.40. The van der Waals surface area contributed by atoms with Crippen LogP contribution in [-0.2, 0) is 0 Å². The molecule has 1 saturated heterocycles. The lowest BCUT2D eigenvalue weighted by molar-refractivity contribution is 0.0664. The molecule has 0 aromatic heterocycles. The number of anilines is 1. The van der Waals surface area contributed by atoms with E-state index in [1.54, 1.807) is 35.2 Å². The summed E-state index contributed by atoms with van der Waals surface area (Å²) in [6, 6.07) is 9.71. The minimum Gasteiger partial charge on any atom is -0.492 e. The number of nitrogens with zero attached hydrogens (tertiary/aromatic N) is 2. The highest BCUT2D eigenvalue weighted by Gasteiger charge is 2.21. The van der Waals surface area contributed by atoms with Crippen LogP contribution in [-0.4, -0.2) is 61.4 Å². The van der Waals surface area contributed by atoms with E-state index in [0.29, 0.717) is 52.3 Å². The first-order chi connectivity index (χ1) is 13.9.